The highest BCUT2D eigenvalue weighted by Gasteiger charge is 2.11. The minimum absolute atomic E-state index is 0.0294. The fraction of sp³-hybridized carbons (Fsp3) is 0.0800. The summed E-state index contributed by atoms with van der Waals surface area (Å²) in [5.41, 5.74) is 5.27. The van der Waals surface area contributed by atoms with E-state index in [2.05, 4.69) is 39.6 Å². The number of carbonyl (C=O) groups is 1. The average molecular weight is 410 g/mol. The van der Waals surface area contributed by atoms with Gasteiger partial charge in [0.25, 0.3) is 0 Å². The molecule has 3 aromatic carbocycles. The molecule has 1 N–H and O–H groups in total. The molecule has 0 radical (unpaired) electrons. The zero-order chi connectivity index (χ0) is 20.3. The number of fused-ring (bicyclic) bond motifs is 2. The molecular formula is C25H19N3OS. The normalized spacial score (nSPS) is 11.1. The van der Waals surface area contributed by atoms with Crippen LogP contribution in [0, 0.1) is 0 Å². The number of nitrogens with zero attached hydrogens (tertiary/aromatic N) is 2. The van der Waals surface area contributed by atoms with Gasteiger partial charge in [-0.05, 0) is 41.0 Å². The summed E-state index contributed by atoms with van der Waals surface area (Å²) in [5.74, 6) is -0.0294. The number of benzene rings is 3. The summed E-state index contributed by atoms with van der Waals surface area (Å²) in [7, 11) is 0. The Bertz CT molecular complexity index is 1340. The standard InChI is InChI=1S/C25H19N3OS/c29-24(27-16-19-12-13-26-21-9-5-4-8-20(19)21)15-25-28-22-11-10-18(14-23(22)30-25)17-6-2-1-3-7-17/h1-14H,15-16H2,(H,27,29). The molecule has 146 valence electrons. The van der Waals surface area contributed by atoms with Crippen molar-refractivity contribution < 1.29 is 4.79 Å². The van der Waals surface area contributed by atoms with Gasteiger partial charge in [0, 0.05) is 18.1 Å². The van der Waals surface area contributed by atoms with Crippen LogP contribution < -0.4 is 5.32 Å². The molecule has 0 unspecified atom stereocenters. The van der Waals surface area contributed by atoms with Crippen LogP contribution in [0.1, 0.15) is 10.6 Å². The first kappa shape index (κ1) is 18.5. The molecule has 5 rings (SSSR count). The van der Waals surface area contributed by atoms with Gasteiger partial charge in [-0.2, -0.15) is 0 Å². The lowest BCUT2D eigenvalue weighted by atomic mass is 10.1. The topological polar surface area (TPSA) is 54.9 Å². The highest BCUT2D eigenvalue weighted by atomic mass is 32.1. The first-order chi connectivity index (χ1) is 14.8. The Hall–Kier alpha value is -3.57. The lowest BCUT2D eigenvalue weighted by Gasteiger charge is -2.07. The number of amides is 1. The predicted molar refractivity (Wildman–Crippen MR) is 122 cm³/mol. The number of thiazole rings is 1. The highest BCUT2D eigenvalue weighted by Crippen LogP contribution is 2.28. The molecule has 0 saturated heterocycles. The number of aromatic nitrogens is 2. The molecule has 5 heteroatoms. The third-order valence-electron chi connectivity index (χ3n) is 5.07. The summed E-state index contributed by atoms with van der Waals surface area (Å²) < 4.78 is 1.10. The van der Waals surface area contributed by atoms with Gasteiger partial charge in [-0.1, -0.05) is 54.6 Å². The van der Waals surface area contributed by atoms with E-state index in [-0.39, 0.29) is 12.3 Å². The predicted octanol–water partition coefficient (Wildman–Crippen LogP) is 5.37. The number of hydrogen-bond acceptors (Lipinski definition) is 4. The Balaban J connectivity index is 1.30. The zero-order valence-corrected chi connectivity index (χ0v) is 17.0. The summed E-state index contributed by atoms with van der Waals surface area (Å²) in [5, 5.41) is 4.91. The molecule has 1 amide bonds. The largest absolute Gasteiger partial charge is 0.352 e. The second-order valence-electron chi connectivity index (χ2n) is 7.10. The average Bonchev–Trinajstić information content (AvgIpc) is 3.19. The van der Waals surface area contributed by atoms with Crippen LogP contribution in [-0.4, -0.2) is 15.9 Å². The van der Waals surface area contributed by atoms with Gasteiger partial charge in [0.2, 0.25) is 5.91 Å². The van der Waals surface area contributed by atoms with Crippen LogP contribution in [0.5, 0.6) is 0 Å². The van der Waals surface area contributed by atoms with Gasteiger partial charge in [0.05, 0.1) is 22.2 Å². The van der Waals surface area contributed by atoms with Crippen LogP contribution in [0.15, 0.2) is 85.1 Å². The van der Waals surface area contributed by atoms with Crippen LogP contribution in [0.4, 0.5) is 0 Å². The van der Waals surface area contributed by atoms with E-state index in [1.807, 2.05) is 54.6 Å². The highest BCUT2D eigenvalue weighted by molar-refractivity contribution is 7.18. The summed E-state index contributed by atoms with van der Waals surface area (Å²) in [6, 6.07) is 26.4. The number of para-hydroxylation sites is 1. The Morgan fingerprint density at radius 2 is 1.70 bits per heavy atom. The molecule has 0 bridgehead atoms. The minimum atomic E-state index is -0.0294. The van der Waals surface area contributed by atoms with E-state index in [0.717, 1.165) is 37.3 Å². The summed E-state index contributed by atoms with van der Waals surface area (Å²) in [6.07, 6.45) is 2.06. The molecule has 0 aliphatic carbocycles. The van der Waals surface area contributed by atoms with E-state index in [0.29, 0.717) is 6.54 Å². The third kappa shape index (κ3) is 3.80. The van der Waals surface area contributed by atoms with E-state index >= 15 is 0 Å². The van der Waals surface area contributed by atoms with Gasteiger partial charge in [-0.3, -0.25) is 9.78 Å². The van der Waals surface area contributed by atoms with Gasteiger partial charge in [-0.15, -0.1) is 11.3 Å². The van der Waals surface area contributed by atoms with Gasteiger partial charge >= 0.3 is 0 Å². The van der Waals surface area contributed by atoms with Gasteiger partial charge in [0.1, 0.15) is 5.01 Å². The van der Waals surface area contributed by atoms with Crippen LogP contribution in [-0.2, 0) is 17.8 Å². The minimum Gasteiger partial charge on any atom is -0.352 e. The van der Waals surface area contributed by atoms with Crippen LogP contribution >= 0.6 is 11.3 Å². The fourth-order valence-electron chi connectivity index (χ4n) is 3.56. The zero-order valence-electron chi connectivity index (χ0n) is 16.2. The van der Waals surface area contributed by atoms with E-state index in [4.69, 9.17) is 0 Å². The van der Waals surface area contributed by atoms with Crippen molar-refractivity contribution in [3.05, 3.63) is 95.6 Å². The molecule has 4 nitrogen and oxygen atoms in total. The molecule has 0 aliphatic heterocycles. The van der Waals surface area contributed by atoms with Gasteiger partial charge in [0.15, 0.2) is 0 Å². The number of hydrogen-bond donors (Lipinski definition) is 1. The van der Waals surface area contributed by atoms with Crippen LogP contribution in [0.3, 0.4) is 0 Å². The van der Waals surface area contributed by atoms with Crippen molar-refractivity contribution in [2.24, 2.45) is 0 Å². The first-order valence-corrected chi connectivity index (χ1v) is 10.6. The number of rotatable bonds is 5. The Kier molecular flexibility index (Phi) is 4.95. The van der Waals surface area contributed by atoms with Crippen molar-refractivity contribution in [1.29, 1.82) is 0 Å². The van der Waals surface area contributed by atoms with Crippen LogP contribution in [0.2, 0.25) is 0 Å². The maximum Gasteiger partial charge on any atom is 0.227 e. The van der Waals surface area contributed by atoms with Crippen molar-refractivity contribution >= 4 is 38.4 Å². The SMILES string of the molecule is O=C(Cc1nc2ccc(-c3ccccc3)cc2s1)NCc1ccnc2ccccc12. The molecule has 0 aliphatic rings. The molecule has 5 aromatic rings. The van der Waals surface area contributed by atoms with E-state index in [9.17, 15) is 4.79 Å². The van der Waals surface area contributed by atoms with Crippen molar-refractivity contribution in [3.63, 3.8) is 0 Å². The third-order valence-corrected chi connectivity index (χ3v) is 6.09. The number of pyridine rings is 1. The fourth-order valence-corrected chi connectivity index (χ4v) is 4.57. The summed E-state index contributed by atoms with van der Waals surface area (Å²) >= 11 is 1.58. The second kappa shape index (κ2) is 8.05. The molecule has 30 heavy (non-hydrogen) atoms. The van der Waals surface area contributed by atoms with Crippen molar-refractivity contribution in [1.82, 2.24) is 15.3 Å². The van der Waals surface area contributed by atoms with E-state index in [1.165, 1.54) is 5.56 Å². The summed E-state index contributed by atoms with van der Waals surface area (Å²) in [6.45, 7) is 0.477. The summed E-state index contributed by atoms with van der Waals surface area (Å²) in [4.78, 5) is 21.5. The lowest BCUT2D eigenvalue weighted by molar-refractivity contribution is -0.120. The van der Waals surface area contributed by atoms with Gasteiger partial charge in [-0.25, -0.2) is 4.98 Å². The van der Waals surface area contributed by atoms with Crippen molar-refractivity contribution in [3.8, 4) is 11.1 Å². The van der Waals surface area contributed by atoms with E-state index < -0.39 is 0 Å². The number of nitrogens with one attached hydrogen (secondary N) is 1. The Morgan fingerprint density at radius 3 is 2.60 bits per heavy atom. The molecule has 0 fully saturated rings. The first-order valence-electron chi connectivity index (χ1n) is 9.80. The smallest absolute Gasteiger partial charge is 0.227 e. The number of carbonyl (C=O) groups excluding carboxylic acids is 1. The van der Waals surface area contributed by atoms with Crippen molar-refractivity contribution in [2.75, 3.05) is 0 Å². The lowest BCUT2D eigenvalue weighted by Crippen LogP contribution is -2.24. The second-order valence-corrected chi connectivity index (χ2v) is 8.21. The Labute approximate surface area is 178 Å². The maximum atomic E-state index is 12.5. The van der Waals surface area contributed by atoms with Crippen molar-refractivity contribution in [2.45, 2.75) is 13.0 Å². The molecule has 0 atom stereocenters. The molecular weight excluding hydrogens is 390 g/mol. The van der Waals surface area contributed by atoms with Gasteiger partial charge < -0.3 is 5.32 Å². The monoisotopic (exact) mass is 409 g/mol. The Morgan fingerprint density at radius 1 is 0.867 bits per heavy atom. The molecule has 2 heterocycles. The molecule has 0 spiro atoms. The van der Waals surface area contributed by atoms with E-state index in [1.54, 1.807) is 17.5 Å². The maximum absolute atomic E-state index is 12.5. The molecule has 2 aromatic heterocycles. The molecule has 0 saturated carbocycles. The quantitative estimate of drug-likeness (QED) is 0.425. The van der Waals surface area contributed by atoms with Crippen LogP contribution in [0.25, 0.3) is 32.2 Å².